The Labute approximate surface area is 295 Å². The van der Waals surface area contributed by atoms with E-state index in [4.69, 9.17) is 4.42 Å². The van der Waals surface area contributed by atoms with Gasteiger partial charge in [-0.15, -0.1) is 0 Å². The number of fused-ring (bicyclic) bond motifs is 11. The van der Waals surface area contributed by atoms with Gasteiger partial charge in [0.25, 0.3) is 0 Å². The van der Waals surface area contributed by atoms with E-state index < -0.39 is 0 Å². The van der Waals surface area contributed by atoms with Crippen molar-refractivity contribution in [2.75, 3.05) is 5.32 Å². The van der Waals surface area contributed by atoms with E-state index in [2.05, 4.69) is 180 Å². The molecule has 1 N–H and O–H groups in total. The number of para-hydroxylation sites is 1. The molecule has 0 aliphatic carbocycles. The lowest BCUT2D eigenvalue weighted by Crippen LogP contribution is -1.94. The SMILES string of the molecule is C1=C\C=C\Nc2ccc3c(oc4c3ccc3c4c4cc(-c5ccccc5)ccc4n3-c3ccccc3)c2-c2cc(-c3ccccc3)ccc2\C=C/1. The van der Waals surface area contributed by atoms with E-state index in [0.29, 0.717) is 0 Å². The van der Waals surface area contributed by atoms with Crippen LogP contribution in [0.4, 0.5) is 5.69 Å². The van der Waals surface area contributed by atoms with Crippen molar-refractivity contribution >= 4 is 55.5 Å². The van der Waals surface area contributed by atoms with Crippen LogP contribution in [0.15, 0.2) is 187 Å². The van der Waals surface area contributed by atoms with Crippen molar-refractivity contribution in [3.05, 3.63) is 188 Å². The number of nitrogens with zero attached hydrogens (tertiary/aromatic N) is 1. The van der Waals surface area contributed by atoms with Crippen LogP contribution in [-0.2, 0) is 0 Å². The van der Waals surface area contributed by atoms with Gasteiger partial charge in [0.1, 0.15) is 11.2 Å². The summed E-state index contributed by atoms with van der Waals surface area (Å²) in [4.78, 5) is 0. The Morgan fingerprint density at radius 3 is 1.90 bits per heavy atom. The molecular weight excluding hydrogens is 621 g/mol. The van der Waals surface area contributed by atoms with Crippen LogP contribution in [0.5, 0.6) is 0 Å². The average Bonchev–Trinajstić information content (AvgIpc) is 3.72. The third kappa shape index (κ3) is 4.82. The van der Waals surface area contributed by atoms with Crippen LogP contribution in [-0.4, -0.2) is 4.57 Å². The zero-order chi connectivity index (χ0) is 33.7. The smallest absolute Gasteiger partial charge is 0.145 e. The second-order valence-electron chi connectivity index (χ2n) is 13.0. The van der Waals surface area contributed by atoms with Gasteiger partial charge in [0.15, 0.2) is 0 Å². The molecule has 0 radical (unpaired) electrons. The molecule has 0 bridgehead atoms. The summed E-state index contributed by atoms with van der Waals surface area (Å²) in [5, 5.41) is 8.05. The Morgan fingerprint density at radius 1 is 0.471 bits per heavy atom. The number of rotatable bonds is 3. The molecule has 240 valence electrons. The van der Waals surface area contributed by atoms with Gasteiger partial charge in [-0.1, -0.05) is 121 Å². The topological polar surface area (TPSA) is 30.1 Å². The first-order valence-electron chi connectivity index (χ1n) is 17.4. The molecule has 0 atom stereocenters. The molecule has 10 rings (SSSR count). The summed E-state index contributed by atoms with van der Waals surface area (Å²) in [6.07, 6.45) is 12.4. The zero-order valence-corrected chi connectivity index (χ0v) is 27.8. The lowest BCUT2D eigenvalue weighted by molar-refractivity contribution is 0.674. The maximum absolute atomic E-state index is 7.25. The molecule has 0 saturated heterocycles. The van der Waals surface area contributed by atoms with E-state index in [1.807, 2.05) is 18.4 Å². The minimum atomic E-state index is 0.864. The number of furan rings is 1. The normalized spacial score (nSPS) is 14.5. The highest BCUT2D eigenvalue weighted by molar-refractivity contribution is 6.25. The Kier molecular flexibility index (Phi) is 6.81. The summed E-state index contributed by atoms with van der Waals surface area (Å²) >= 11 is 0. The summed E-state index contributed by atoms with van der Waals surface area (Å²) in [5.41, 5.74) is 14.1. The first kappa shape index (κ1) is 29.1. The highest BCUT2D eigenvalue weighted by Gasteiger charge is 2.23. The van der Waals surface area contributed by atoms with Gasteiger partial charge in [0, 0.05) is 39.3 Å². The molecule has 3 heteroatoms. The summed E-state index contributed by atoms with van der Waals surface area (Å²) < 4.78 is 9.61. The lowest BCUT2D eigenvalue weighted by atomic mass is 9.92. The van der Waals surface area contributed by atoms with E-state index in [9.17, 15) is 0 Å². The van der Waals surface area contributed by atoms with Crippen LogP contribution < -0.4 is 5.32 Å². The largest absolute Gasteiger partial charge is 0.455 e. The van der Waals surface area contributed by atoms with Crippen molar-refractivity contribution in [2.45, 2.75) is 0 Å². The van der Waals surface area contributed by atoms with Crippen molar-refractivity contribution in [1.29, 1.82) is 0 Å². The molecule has 7 aromatic carbocycles. The van der Waals surface area contributed by atoms with Gasteiger partial charge < -0.3 is 14.3 Å². The number of nitrogens with one attached hydrogen (secondary N) is 1. The molecule has 0 unspecified atom stereocenters. The predicted molar refractivity (Wildman–Crippen MR) is 215 cm³/mol. The highest BCUT2D eigenvalue weighted by atomic mass is 16.3. The van der Waals surface area contributed by atoms with E-state index in [1.165, 1.54) is 16.7 Å². The second-order valence-corrected chi connectivity index (χ2v) is 13.0. The molecular formula is C48H32N2O. The minimum absolute atomic E-state index is 0.864. The number of allylic oxidation sites excluding steroid dienone is 4. The van der Waals surface area contributed by atoms with Crippen LogP contribution in [0, 0.1) is 0 Å². The number of aromatic nitrogens is 1. The van der Waals surface area contributed by atoms with Crippen LogP contribution >= 0.6 is 0 Å². The monoisotopic (exact) mass is 652 g/mol. The molecule has 51 heavy (non-hydrogen) atoms. The van der Waals surface area contributed by atoms with Crippen molar-refractivity contribution in [1.82, 2.24) is 4.57 Å². The number of hydrogen-bond acceptors (Lipinski definition) is 2. The first-order chi connectivity index (χ1) is 25.3. The molecule has 3 nitrogen and oxygen atoms in total. The van der Waals surface area contributed by atoms with Crippen LogP contribution in [0.25, 0.3) is 88.9 Å². The lowest BCUT2D eigenvalue weighted by Gasteiger charge is -2.15. The van der Waals surface area contributed by atoms with Crippen molar-refractivity contribution in [2.24, 2.45) is 0 Å². The zero-order valence-electron chi connectivity index (χ0n) is 27.8. The van der Waals surface area contributed by atoms with E-state index >= 15 is 0 Å². The number of hydrogen-bond donors (Lipinski definition) is 1. The van der Waals surface area contributed by atoms with E-state index in [0.717, 1.165) is 77.4 Å². The minimum Gasteiger partial charge on any atom is -0.455 e. The average molecular weight is 653 g/mol. The van der Waals surface area contributed by atoms with Crippen LogP contribution in [0.2, 0.25) is 0 Å². The molecule has 0 amide bonds. The summed E-state index contributed by atoms with van der Waals surface area (Å²) in [6, 6.07) is 54.2. The van der Waals surface area contributed by atoms with Gasteiger partial charge in [-0.05, 0) is 94.1 Å². The molecule has 1 aliphatic rings. The maximum Gasteiger partial charge on any atom is 0.145 e. The quantitative estimate of drug-likeness (QED) is 0.206. The van der Waals surface area contributed by atoms with Gasteiger partial charge in [-0.25, -0.2) is 0 Å². The van der Waals surface area contributed by atoms with Crippen LogP contribution in [0.3, 0.4) is 0 Å². The fraction of sp³-hybridized carbons (Fsp3) is 0. The Bertz CT molecular complexity index is 2850. The molecule has 1 aliphatic heterocycles. The fourth-order valence-corrected chi connectivity index (χ4v) is 7.66. The second kappa shape index (κ2) is 11.9. The van der Waals surface area contributed by atoms with Crippen molar-refractivity contribution in [3.63, 3.8) is 0 Å². The standard InChI is InChI=1S/C48H32N2O/c1-2-13-29-49-42-26-24-38-39-25-28-44-46(41-31-36(33-16-9-4-10-17-33)23-27-43(41)50(44)37-19-11-5-12-20-37)48(39)51-47(38)45(42)40-30-35(22-21-34(40)18-6-1)32-14-7-3-8-15-32/h1-31,49H/b2-1-,18-6-,29-13+. The number of anilines is 1. The van der Waals surface area contributed by atoms with Gasteiger partial charge in [-0.2, -0.15) is 0 Å². The number of benzene rings is 7. The predicted octanol–water partition coefficient (Wildman–Crippen LogP) is 13.2. The Hall–Kier alpha value is -6.84. The van der Waals surface area contributed by atoms with Crippen LogP contribution in [0.1, 0.15) is 5.56 Å². The first-order valence-corrected chi connectivity index (χ1v) is 17.4. The molecule has 9 aromatic rings. The third-order valence-corrected chi connectivity index (χ3v) is 10.0. The highest BCUT2D eigenvalue weighted by Crippen LogP contribution is 2.47. The van der Waals surface area contributed by atoms with E-state index in [-0.39, 0.29) is 0 Å². The fourth-order valence-electron chi connectivity index (χ4n) is 7.66. The Balaban J connectivity index is 1.32. The summed E-state index contributed by atoms with van der Waals surface area (Å²) in [7, 11) is 0. The molecule has 0 saturated carbocycles. The molecule has 2 aromatic heterocycles. The molecule has 0 spiro atoms. The summed E-state index contributed by atoms with van der Waals surface area (Å²) in [6.45, 7) is 0. The molecule has 3 heterocycles. The van der Waals surface area contributed by atoms with Gasteiger partial charge in [-0.3, -0.25) is 0 Å². The Morgan fingerprint density at radius 2 is 1.12 bits per heavy atom. The summed E-state index contributed by atoms with van der Waals surface area (Å²) in [5.74, 6) is 0. The maximum atomic E-state index is 7.25. The van der Waals surface area contributed by atoms with E-state index in [1.54, 1.807) is 0 Å². The van der Waals surface area contributed by atoms with Gasteiger partial charge in [0.05, 0.1) is 16.4 Å². The van der Waals surface area contributed by atoms with Gasteiger partial charge in [0.2, 0.25) is 0 Å². The molecule has 0 fully saturated rings. The van der Waals surface area contributed by atoms with Crippen molar-refractivity contribution < 1.29 is 4.42 Å². The van der Waals surface area contributed by atoms with Gasteiger partial charge >= 0.3 is 0 Å². The third-order valence-electron chi connectivity index (χ3n) is 10.0. The van der Waals surface area contributed by atoms with Crippen molar-refractivity contribution in [3.8, 4) is 39.1 Å².